The van der Waals surface area contributed by atoms with E-state index in [9.17, 15) is 9.90 Å². The topological polar surface area (TPSA) is 135 Å². The first-order chi connectivity index (χ1) is 13.8. The van der Waals surface area contributed by atoms with Gasteiger partial charge in [0.25, 0.3) is 0 Å². The molecule has 0 unspecified atom stereocenters. The largest absolute Gasteiger partial charge is 0.457 e. The minimum Gasteiger partial charge on any atom is -0.457 e. The molecule has 1 aromatic carbocycles. The number of aromatic nitrogens is 2. The van der Waals surface area contributed by atoms with Crippen LogP contribution in [0.4, 0.5) is 5.95 Å². The van der Waals surface area contributed by atoms with Crippen molar-refractivity contribution in [2.45, 2.75) is 40.0 Å². The van der Waals surface area contributed by atoms with Crippen LogP contribution < -0.4 is 10.2 Å². The van der Waals surface area contributed by atoms with E-state index in [4.69, 9.17) is 15.6 Å². The second kappa shape index (κ2) is 8.46. The molecule has 2 aromatic rings. The van der Waals surface area contributed by atoms with Crippen molar-refractivity contribution in [2.24, 2.45) is 0 Å². The molecule has 0 amide bonds. The van der Waals surface area contributed by atoms with Crippen LogP contribution in [0.2, 0.25) is 0 Å². The molecule has 0 bridgehead atoms. The number of esters is 1. The third kappa shape index (κ3) is 4.30. The third-order valence-electron chi connectivity index (χ3n) is 4.80. The minimum absolute atomic E-state index is 0.170. The molecule has 0 spiro atoms. The van der Waals surface area contributed by atoms with Gasteiger partial charge in [-0.3, -0.25) is 15.7 Å². The molecule has 1 aliphatic rings. The van der Waals surface area contributed by atoms with Gasteiger partial charge in [-0.15, -0.1) is 0 Å². The molecule has 9 heteroatoms. The molecule has 4 N–H and O–H groups in total. The highest BCUT2D eigenvalue weighted by molar-refractivity contribution is 6.14. The van der Waals surface area contributed by atoms with Gasteiger partial charge in [0.05, 0.1) is 11.7 Å². The van der Waals surface area contributed by atoms with Crippen molar-refractivity contribution < 1.29 is 14.6 Å². The Morgan fingerprint density at radius 3 is 2.55 bits per heavy atom. The molecule has 29 heavy (non-hydrogen) atoms. The molecule has 1 aromatic heterocycles. The Kier molecular flexibility index (Phi) is 6.00. The standard InChI is InChI=1S/C20H24N6O3/c1-11-15(4-5-16-17(11)10-29-19(16)28)18(27)9-23-6-14-7-24-20(25-8-14)26(12(2)21)13(3)22/h4-5,7-8,18,21-23,27H,6,9-10H2,1-3H3/t18-/m0/s1. The van der Waals surface area contributed by atoms with Crippen molar-refractivity contribution in [1.29, 1.82) is 10.8 Å². The van der Waals surface area contributed by atoms with E-state index in [-0.39, 0.29) is 30.2 Å². The van der Waals surface area contributed by atoms with Crippen LogP contribution in [0.5, 0.6) is 0 Å². The van der Waals surface area contributed by atoms with Crippen molar-refractivity contribution in [3.8, 4) is 0 Å². The smallest absolute Gasteiger partial charge is 0.338 e. The number of nitrogens with zero attached hydrogens (tertiary/aromatic N) is 3. The number of carbonyl (C=O) groups is 1. The highest BCUT2D eigenvalue weighted by atomic mass is 16.5. The summed E-state index contributed by atoms with van der Waals surface area (Å²) < 4.78 is 5.05. The normalized spacial score (nSPS) is 13.6. The van der Waals surface area contributed by atoms with E-state index in [0.717, 1.165) is 22.3 Å². The van der Waals surface area contributed by atoms with Crippen LogP contribution in [-0.4, -0.2) is 39.3 Å². The lowest BCUT2D eigenvalue weighted by atomic mass is 9.95. The summed E-state index contributed by atoms with van der Waals surface area (Å²) in [5, 5.41) is 29.2. The number of hydrogen-bond acceptors (Lipinski definition) is 8. The number of nitrogens with one attached hydrogen (secondary N) is 3. The number of aliphatic hydroxyl groups is 1. The average Bonchev–Trinajstić information content (AvgIpc) is 3.04. The van der Waals surface area contributed by atoms with Crippen LogP contribution in [0.15, 0.2) is 24.5 Å². The first-order valence-corrected chi connectivity index (χ1v) is 9.19. The minimum atomic E-state index is -0.729. The molecule has 0 fully saturated rings. The molecular formula is C20H24N6O3. The van der Waals surface area contributed by atoms with Gasteiger partial charge in [-0.05, 0) is 38.0 Å². The van der Waals surface area contributed by atoms with Gasteiger partial charge in [0.1, 0.15) is 18.3 Å². The van der Waals surface area contributed by atoms with Gasteiger partial charge in [0.15, 0.2) is 0 Å². The number of hydrogen-bond donors (Lipinski definition) is 4. The lowest BCUT2D eigenvalue weighted by Gasteiger charge is -2.19. The van der Waals surface area contributed by atoms with E-state index in [2.05, 4.69) is 15.3 Å². The second-order valence-electron chi connectivity index (χ2n) is 6.93. The Labute approximate surface area is 168 Å². The maximum atomic E-state index is 11.6. The fourth-order valence-corrected chi connectivity index (χ4v) is 3.30. The molecule has 0 saturated carbocycles. The molecule has 0 saturated heterocycles. The van der Waals surface area contributed by atoms with E-state index < -0.39 is 6.10 Å². The fourth-order valence-electron chi connectivity index (χ4n) is 3.30. The van der Waals surface area contributed by atoms with E-state index >= 15 is 0 Å². The summed E-state index contributed by atoms with van der Waals surface area (Å²) in [6, 6.07) is 3.46. The van der Waals surface area contributed by atoms with Crippen LogP contribution in [0.3, 0.4) is 0 Å². The molecule has 2 heterocycles. The van der Waals surface area contributed by atoms with Gasteiger partial charge in [0, 0.05) is 36.6 Å². The summed E-state index contributed by atoms with van der Waals surface area (Å²) in [4.78, 5) is 21.4. The fraction of sp³-hybridized carbons (Fsp3) is 0.350. The predicted molar refractivity (Wildman–Crippen MR) is 108 cm³/mol. The number of carbonyl (C=O) groups excluding carboxylic acids is 1. The monoisotopic (exact) mass is 396 g/mol. The van der Waals surface area contributed by atoms with Crippen LogP contribution in [0.1, 0.15) is 52.6 Å². The van der Waals surface area contributed by atoms with Gasteiger partial charge in [0.2, 0.25) is 5.95 Å². The molecular weight excluding hydrogens is 372 g/mol. The SMILES string of the molecule is CC(=N)N(C(C)=N)c1ncc(CNC[C@H](O)c2ccc3c(c2C)COC3=O)cn1. The van der Waals surface area contributed by atoms with Crippen molar-refractivity contribution in [3.63, 3.8) is 0 Å². The number of cyclic esters (lactones) is 1. The van der Waals surface area contributed by atoms with Gasteiger partial charge in [-0.1, -0.05) is 6.07 Å². The quantitative estimate of drug-likeness (QED) is 0.333. The number of ether oxygens (including phenoxy) is 1. The summed E-state index contributed by atoms with van der Waals surface area (Å²) in [6.07, 6.45) is 2.53. The number of amidine groups is 2. The average molecular weight is 396 g/mol. The zero-order valence-electron chi connectivity index (χ0n) is 16.6. The first kappa shape index (κ1) is 20.6. The van der Waals surface area contributed by atoms with Crippen LogP contribution in [0, 0.1) is 17.7 Å². The van der Waals surface area contributed by atoms with Gasteiger partial charge < -0.3 is 15.2 Å². The van der Waals surface area contributed by atoms with Crippen LogP contribution in [0.25, 0.3) is 0 Å². The van der Waals surface area contributed by atoms with E-state index in [1.54, 1.807) is 38.4 Å². The van der Waals surface area contributed by atoms with Crippen LogP contribution >= 0.6 is 0 Å². The molecule has 0 aliphatic carbocycles. The Morgan fingerprint density at radius 2 is 1.93 bits per heavy atom. The predicted octanol–water partition coefficient (Wildman–Crippen LogP) is 2.08. The van der Waals surface area contributed by atoms with Crippen molar-refractivity contribution in [2.75, 3.05) is 11.4 Å². The maximum Gasteiger partial charge on any atom is 0.338 e. The number of aliphatic hydroxyl groups excluding tert-OH is 1. The molecule has 1 atom stereocenters. The van der Waals surface area contributed by atoms with E-state index in [0.29, 0.717) is 18.7 Å². The Hall–Kier alpha value is -3.17. The number of anilines is 1. The summed E-state index contributed by atoms with van der Waals surface area (Å²) in [7, 11) is 0. The van der Waals surface area contributed by atoms with E-state index in [1.807, 2.05) is 6.92 Å². The van der Waals surface area contributed by atoms with Crippen molar-refractivity contribution in [3.05, 3.63) is 52.3 Å². The Balaban J connectivity index is 1.60. The van der Waals surface area contributed by atoms with E-state index in [1.165, 1.54) is 4.90 Å². The second-order valence-corrected chi connectivity index (χ2v) is 6.93. The highest BCUT2D eigenvalue weighted by Crippen LogP contribution is 2.28. The molecule has 9 nitrogen and oxygen atoms in total. The molecule has 152 valence electrons. The summed E-state index contributed by atoms with van der Waals surface area (Å²) in [6.45, 7) is 6.05. The summed E-state index contributed by atoms with van der Waals surface area (Å²) in [5.74, 6) is 0.298. The lowest BCUT2D eigenvalue weighted by molar-refractivity contribution is 0.0535. The van der Waals surface area contributed by atoms with Crippen molar-refractivity contribution >= 4 is 23.6 Å². The number of benzene rings is 1. The lowest BCUT2D eigenvalue weighted by Crippen LogP contribution is -2.33. The highest BCUT2D eigenvalue weighted by Gasteiger charge is 2.25. The van der Waals surface area contributed by atoms with Gasteiger partial charge >= 0.3 is 5.97 Å². The van der Waals surface area contributed by atoms with Gasteiger partial charge in [-0.25, -0.2) is 14.8 Å². The third-order valence-corrected chi connectivity index (χ3v) is 4.80. The Morgan fingerprint density at radius 1 is 1.28 bits per heavy atom. The summed E-state index contributed by atoms with van der Waals surface area (Å²) in [5.41, 5.74) is 3.86. The summed E-state index contributed by atoms with van der Waals surface area (Å²) >= 11 is 0. The molecule has 0 radical (unpaired) electrons. The van der Waals surface area contributed by atoms with Crippen LogP contribution in [-0.2, 0) is 17.9 Å². The zero-order valence-corrected chi connectivity index (χ0v) is 16.6. The van der Waals surface area contributed by atoms with Crippen molar-refractivity contribution in [1.82, 2.24) is 15.3 Å². The number of rotatable bonds is 6. The number of fused-ring (bicyclic) bond motifs is 1. The first-order valence-electron chi connectivity index (χ1n) is 9.19. The molecule has 1 aliphatic heterocycles. The molecule has 3 rings (SSSR count). The Bertz CT molecular complexity index is 943. The zero-order chi connectivity index (χ0) is 21.1. The maximum absolute atomic E-state index is 11.6. The van der Waals surface area contributed by atoms with Gasteiger partial charge in [-0.2, -0.15) is 0 Å².